The van der Waals surface area contributed by atoms with Crippen molar-refractivity contribution in [3.63, 3.8) is 0 Å². The molecular formula is C35H47N5O2S. The molecule has 0 atom stereocenters. The average Bonchev–Trinajstić information content (AvgIpc) is 3.28. The van der Waals surface area contributed by atoms with Crippen molar-refractivity contribution < 1.29 is 9.59 Å². The van der Waals surface area contributed by atoms with E-state index in [2.05, 4.69) is 77.0 Å². The van der Waals surface area contributed by atoms with Crippen molar-refractivity contribution in [1.82, 2.24) is 25.0 Å². The summed E-state index contributed by atoms with van der Waals surface area (Å²) in [5.41, 5.74) is 5.83. The number of nitrogens with one attached hydrogen (secondary N) is 2. The summed E-state index contributed by atoms with van der Waals surface area (Å²) in [4.78, 5) is 39.5. The molecule has 4 aliphatic rings. The molecule has 7 rings (SSSR count). The number of aryl methyl sites for hydroxylation is 2. The van der Waals surface area contributed by atoms with Gasteiger partial charge in [-0.05, 0) is 102 Å². The number of fused-ring (bicyclic) bond motifs is 3. The van der Waals surface area contributed by atoms with Crippen LogP contribution in [0.2, 0.25) is 0 Å². The average molecular weight is 602 g/mol. The van der Waals surface area contributed by atoms with Crippen molar-refractivity contribution >= 4 is 33.4 Å². The molecule has 230 valence electrons. The lowest BCUT2D eigenvalue weighted by molar-refractivity contribution is -0.137. The minimum Gasteiger partial charge on any atom is -0.352 e. The molecular weight excluding hydrogens is 554 g/mol. The molecule has 2 bridgehead atoms. The highest BCUT2D eigenvalue weighted by Crippen LogP contribution is 2.44. The van der Waals surface area contributed by atoms with E-state index in [1.54, 1.807) is 11.3 Å². The summed E-state index contributed by atoms with van der Waals surface area (Å²) in [5, 5.41) is 4.40. The number of aromatic nitrogens is 1. The number of rotatable bonds is 9. The zero-order valence-electron chi connectivity index (χ0n) is 26.3. The van der Waals surface area contributed by atoms with Crippen molar-refractivity contribution in [2.45, 2.75) is 96.2 Å². The van der Waals surface area contributed by atoms with Gasteiger partial charge >= 0.3 is 0 Å². The molecule has 2 N–H and O–H groups in total. The van der Waals surface area contributed by atoms with Crippen LogP contribution in [0.1, 0.15) is 73.9 Å². The van der Waals surface area contributed by atoms with Crippen molar-refractivity contribution in [1.29, 1.82) is 0 Å². The second-order valence-corrected chi connectivity index (χ2v) is 15.3. The molecule has 2 aromatic heterocycles. The number of carbonyl (C=O) groups is 2. The molecule has 0 spiro atoms. The zero-order valence-corrected chi connectivity index (χ0v) is 27.1. The van der Waals surface area contributed by atoms with E-state index in [4.69, 9.17) is 0 Å². The second-order valence-electron chi connectivity index (χ2n) is 14.2. The molecule has 1 saturated carbocycles. The third kappa shape index (κ3) is 5.78. The van der Waals surface area contributed by atoms with Gasteiger partial charge in [0, 0.05) is 61.1 Å². The fourth-order valence-corrected chi connectivity index (χ4v) is 8.97. The van der Waals surface area contributed by atoms with Crippen molar-refractivity contribution in [2.24, 2.45) is 0 Å². The van der Waals surface area contributed by atoms with Gasteiger partial charge < -0.3 is 20.1 Å². The topological polar surface area (TPSA) is 71.7 Å². The number of hydrogen-bond acceptors (Lipinski definition) is 5. The number of piperazine rings is 1. The molecule has 1 aromatic carbocycles. The van der Waals surface area contributed by atoms with Crippen LogP contribution in [0.5, 0.6) is 0 Å². The number of nitrogens with zero attached hydrogens (tertiary/aromatic N) is 3. The van der Waals surface area contributed by atoms with E-state index < -0.39 is 5.41 Å². The predicted molar refractivity (Wildman–Crippen MR) is 175 cm³/mol. The number of H-pyrrole nitrogens is 1. The normalized spacial score (nSPS) is 23.0. The molecule has 0 unspecified atom stereocenters. The Morgan fingerprint density at radius 3 is 2.16 bits per heavy atom. The highest BCUT2D eigenvalue weighted by molar-refractivity contribution is 7.19. The molecule has 5 heterocycles. The van der Waals surface area contributed by atoms with Crippen LogP contribution >= 0.6 is 11.3 Å². The van der Waals surface area contributed by atoms with Crippen LogP contribution in [0.4, 0.5) is 0 Å². The van der Waals surface area contributed by atoms with Gasteiger partial charge in [-0.25, -0.2) is 0 Å². The van der Waals surface area contributed by atoms with E-state index in [1.807, 2.05) is 0 Å². The van der Waals surface area contributed by atoms with Gasteiger partial charge in [0.2, 0.25) is 11.8 Å². The fraction of sp³-hybridized carbons (Fsp3) is 0.600. The third-order valence-corrected chi connectivity index (χ3v) is 11.8. The maximum atomic E-state index is 13.9. The Balaban J connectivity index is 1.11. The first-order chi connectivity index (χ1) is 20.7. The Labute approximate surface area is 260 Å². The quantitative estimate of drug-likeness (QED) is 0.346. The van der Waals surface area contributed by atoms with Crippen molar-refractivity contribution in [3.05, 3.63) is 45.8 Å². The molecule has 3 saturated heterocycles. The molecule has 0 radical (unpaired) electrons. The molecule has 7 nitrogen and oxygen atoms in total. The third-order valence-electron chi connectivity index (χ3n) is 10.4. The number of aromatic amines is 1. The van der Waals surface area contributed by atoms with Gasteiger partial charge in [-0.3, -0.25) is 14.5 Å². The van der Waals surface area contributed by atoms with Crippen LogP contribution in [-0.4, -0.2) is 88.9 Å². The van der Waals surface area contributed by atoms with Gasteiger partial charge in [-0.15, -0.1) is 11.3 Å². The first-order valence-electron chi connectivity index (χ1n) is 16.5. The van der Waals surface area contributed by atoms with E-state index in [1.165, 1.54) is 63.8 Å². The summed E-state index contributed by atoms with van der Waals surface area (Å²) in [6, 6.07) is 10.4. The van der Waals surface area contributed by atoms with Gasteiger partial charge in [0.15, 0.2) is 0 Å². The summed E-state index contributed by atoms with van der Waals surface area (Å²) in [5.74, 6) is 0.483. The van der Waals surface area contributed by atoms with E-state index in [0.717, 1.165) is 56.9 Å². The maximum absolute atomic E-state index is 13.9. The summed E-state index contributed by atoms with van der Waals surface area (Å²) in [7, 11) is 0. The van der Waals surface area contributed by atoms with Crippen LogP contribution in [0.25, 0.3) is 21.5 Å². The number of hydrogen-bond donors (Lipinski definition) is 2. The van der Waals surface area contributed by atoms with Crippen molar-refractivity contribution in [3.8, 4) is 11.3 Å². The number of benzene rings is 1. The van der Waals surface area contributed by atoms with Gasteiger partial charge in [0.1, 0.15) is 4.83 Å². The standard InChI is InChI=1S/C35H47N5O2S/c1-22-17-23(2)19-24(18-22)32-28(11-12-38-13-15-39(16-14-38)21-31(41)36-25-5-6-25)29-20-30(43-33(29)37-32)35(3,4)34(42)40-26-7-8-27(40)10-9-26/h17-20,25-27,37H,5-16,21H2,1-4H3,(H,36,41). The monoisotopic (exact) mass is 601 g/mol. The number of thiophene rings is 1. The van der Waals surface area contributed by atoms with Crippen LogP contribution < -0.4 is 5.32 Å². The van der Waals surface area contributed by atoms with Gasteiger partial charge in [0.25, 0.3) is 0 Å². The molecule has 3 aliphatic heterocycles. The highest BCUT2D eigenvalue weighted by Gasteiger charge is 2.47. The highest BCUT2D eigenvalue weighted by atomic mass is 32.1. The Morgan fingerprint density at radius 1 is 0.907 bits per heavy atom. The molecule has 43 heavy (non-hydrogen) atoms. The van der Waals surface area contributed by atoms with Gasteiger partial charge in [0.05, 0.1) is 17.7 Å². The van der Waals surface area contributed by atoms with Crippen LogP contribution in [0, 0.1) is 13.8 Å². The summed E-state index contributed by atoms with van der Waals surface area (Å²) < 4.78 is 0. The summed E-state index contributed by atoms with van der Waals surface area (Å²) in [6.45, 7) is 13.9. The Hall–Kier alpha value is -2.68. The van der Waals surface area contributed by atoms with Crippen LogP contribution in [0.3, 0.4) is 0 Å². The minimum absolute atomic E-state index is 0.177. The molecule has 2 amide bonds. The molecule has 3 aromatic rings. The fourth-order valence-electron chi connectivity index (χ4n) is 7.78. The molecule has 8 heteroatoms. The first-order valence-corrected chi connectivity index (χ1v) is 17.3. The lowest BCUT2D eigenvalue weighted by atomic mass is 9.88. The lowest BCUT2D eigenvalue weighted by Crippen LogP contribution is -2.50. The second kappa shape index (κ2) is 11.4. The number of amides is 2. The Morgan fingerprint density at radius 2 is 1.53 bits per heavy atom. The number of carbonyl (C=O) groups excluding carboxylic acids is 2. The van der Waals surface area contributed by atoms with Gasteiger partial charge in [-0.1, -0.05) is 17.2 Å². The van der Waals surface area contributed by atoms with Crippen LogP contribution in [0.15, 0.2) is 24.3 Å². The Bertz CT molecular complexity index is 1490. The Kier molecular flexibility index (Phi) is 7.67. The van der Waals surface area contributed by atoms with E-state index >= 15 is 0 Å². The van der Waals surface area contributed by atoms with Gasteiger partial charge in [-0.2, -0.15) is 0 Å². The largest absolute Gasteiger partial charge is 0.352 e. The summed E-state index contributed by atoms with van der Waals surface area (Å²) >= 11 is 1.77. The molecule has 1 aliphatic carbocycles. The predicted octanol–water partition coefficient (Wildman–Crippen LogP) is 5.38. The maximum Gasteiger partial charge on any atom is 0.234 e. The van der Waals surface area contributed by atoms with E-state index in [9.17, 15) is 9.59 Å². The SMILES string of the molecule is Cc1cc(C)cc(-c2[nH]c3sc(C(C)(C)C(=O)N4C5CCC4CC5)cc3c2CCN2CCN(CC(=O)NC3CC3)CC2)c1. The van der Waals surface area contributed by atoms with E-state index in [0.29, 0.717) is 30.6 Å². The van der Waals surface area contributed by atoms with E-state index in [-0.39, 0.29) is 5.91 Å². The zero-order chi connectivity index (χ0) is 29.9. The molecule has 4 fully saturated rings. The summed E-state index contributed by atoms with van der Waals surface area (Å²) in [6.07, 6.45) is 7.90. The minimum atomic E-state index is -0.533. The smallest absolute Gasteiger partial charge is 0.234 e. The lowest BCUT2D eigenvalue weighted by Gasteiger charge is -2.34. The van der Waals surface area contributed by atoms with Crippen LogP contribution in [-0.2, 0) is 21.4 Å². The van der Waals surface area contributed by atoms with Crippen molar-refractivity contribution in [2.75, 3.05) is 39.3 Å². The first kappa shape index (κ1) is 29.1.